The maximum Gasteiger partial charge on any atom is 0.132 e. The first kappa shape index (κ1) is 16.8. The molecule has 25 heavy (non-hydrogen) atoms. The second-order valence-corrected chi connectivity index (χ2v) is 7.21. The average molecular weight is 345 g/mol. The van der Waals surface area contributed by atoms with Crippen LogP contribution in [0.3, 0.4) is 0 Å². The summed E-state index contributed by atoms with van der Waals surface area (Å²) < 4.78 is 11.4. The zero-order valence-corrected chi connectivity index (χ0v) is 14.9. The minimum Gasteiger partial charge on any atom is -0.496 e. The lowest BCUT2D eigenvalue weighted by atomic mass is 9.83. The zero-order valence-electron chi connectivity index (χ0n) is 14.9. The van der Waals surface area contributed by atoms with Crippen LogP contribution in [0.5, 0.6) is 0 Å². The molecule has 0 bridgehead atoms. The highest BCUT2D eigenvalue weighted by molar-refractivity contribution is 5.40. The molecule has 3 aliphatic rings. The fourth-order valence-corrected chi connectivity index (χ4v) is 3.90. The predicted molar refractivity (Wildman–Crippen MR) is 94.9 cm³/mol. The number of nitrogens with zero attached hydrogens (tertiary/aromatic N) is 3. The van der Waals surface area contributed by atoms with Crippen LogP contribution in [0.2, 0.25) is 0 Å². The minimum absolute atomic E-state index is 0.173. The summed E-state index contributed by atoms with van der Waals surface area (Å²) >= 11 is 0. The first-order valence-corrected chi connectivity index (χ1v) is 9.22. The number of hydrazine groups is 1. The van der Waals surface area contributed by atoms with E-state index >= 15 is 0 Å². The van der Waals surface area contributed by atoms with Gasteiger partial charge in [0, 0.05) is 37.5 Å². The predicted octanol–water partition coefficient (Wildman–Crippen LogP) is 1.55. The molecule has 2 fully saturated rings. The van der Waals surface area contributed by atoms with Gasteiger partial charge in [0.1, 0.15) is 12.1 Å². The number of rotatable bonds is 4. The third-order valence-electron chi connectivity index (χ3n) is 5.12. The molecular weight excluding hydrogens is 318 g/mol. The van der Waals surface area contributed by atoms with E-state index in [1.807, 2.05) is 0 Å². The molecule has 0 saturated carbocycles. The van der Waals surface area contributed by atoms with Crippen LogP contribution < -0.4 is 15.8 Å². The monoisotopic (exact) mass is 345 g/mol. The molecule has 7 nitrogen and oxygen atoms in total. The Morgan fingerprint density at radius 2 is 2.08 bits per heavy atom. The minimum atomic E-state index is 0.173. The summed E-state index contributed by atoms with van der Waals surface area (Å²) in [6.07, 6.45) is 6.04. The highest BCUT2D eigenvalue weighted by Gasteiger charge is 2.40. The van der Waals surface area contributed by atoms with Gasteiger partial charge in [0.25, 0.3) is 0 Å². The van der Waals surface area contributed by atoms with Crippen LogP contribution in [0.25, 0.3) is 0 Å². The first-order chi connectivity index (χ1) is 12.2. The van der Waals surface area contributed by atoms with Crippen molar-refractivity contribution in [3.63, 3.8) is 0 Å². The van der Waals surface area contributed by atoms with Crippen molar-refractivity contribution in [2.24, 2.45) is 5.92 Å². The van der Waals surface area contributed by atoms with E-state index < -0.39 is 0 Å². The van der Waals surface area contributed by atoms with E-state index in [1.54, 1.807) is 6.33 Å². The molecule has 0 unspecified atom stereocenters. The van der Waals surface area contributed by atoms with Crippen LogP contribution in [0.15, 0.2) is 24.2 Å². The quantitative estimate of drug-likeness (QED) is 0.858. The van der Waals surface area contributed by atoms with Gasteiger partial charge in [0.2, 0.25) is 0 Å². The van der Waals surface area contributed by atoms with E-state index in [0.717, 1.165) is 56.4 Å². The molecule has 0 aromatic carbocycles. The summed E-state index contributed by atoms with van der Waals surface area (Å²) in [4.78, 5) is 11.3. The molecule has 1 aliphatic carbocycles. The maximum absolute atomic E-state index is 5.95. The van der Waals surface area contributed by atoms with Gasteiger partial charge >= 0.3 is 0 Å². The lowest BCUT2D eigenvalue weighted by Crippen LogP contribution is -2.37. The van der Waals surface area contributed by atoms with Gasteiger partial charge in [-0.25, -0.2) is 15.4 Å². The Labute approximate surface area is 148 Å². The molecule has 4 rings (SSSR count). The number of fused-ring (bicyclic) bond motifs is 1. The van der Waals surface area contributed by atoms with E-state index in [4.69, 9.17) is 9.47 Å². The average Bonchev–Trinajstić information content (AvgIpc) is 3.05. The third kappa shape index (κ3) is 3.63. The summed E-state index contributed by atoms with van der Waals surface area (Å²) in [5.41, 5.74) is 7.93. The Morgan fingerprint density at radius 3 is 2.88 bits per heavy atom. The zero-order chi connectivity index (χ0) is 17.2. The van der Waals surface area contributed by atoms with Gasteiger partial charge in [-0.1, -0.05) is 0 Å². The molecule has 2 N–H and O–H groups in total. The largest absolute Gasteiger partial charge is 0.496 e. The highest BCUT2D eigenvalue weighted by atomic mass is 16.5. The van der Waals surface area contributed by atoms with Crippen molar-refractivity contribution in [2.45, 2.75) is 44.9 Å². The molecule has 2 aliphatic heterocycles. The van der Waals surface area contributed by atoms with Gasteiger partial charge in [-0.05, 0) is 26.3 Å². The SMILES string of the molecule is CC(C)OC1=CC[C@H]2NN[C@@H](c3cc(N4CCOCC4)ncn3)[C@H]2C1. The van der Waals surface area contributed by atoms with E-state index in [0.29, 0.717) is 12.0 Å². The molecule has 0 amide bonds. The Hall–Kier alpha value is -1.70. The molecule has 1 aromatic rings. The van der Waals surface area contributed by atoms with Crippen molar-refractivity contribution < 1.29 is 9.47 Å². The lowest BCUT2D eigenvalue weighted by molar-refractivity contribution is 0.121. The fourth-order valence-electron chi connectivity index (χ4n) is 3.90. The van der Waals surface area contributed by atoms with Crippen LogP contribution >= 0.6 is 0 Å². The number of ether oxygens (including phenoxy) is 2. The van der Waals surface area contributed by atoms with E-state index in [2.05, 4.69) is 51.7 Å². The second kappa shape index (κ2) is 7.27. The highest BCUT2D eigenvalue weighted by Crippen LogP contribution is 2.38. The van der Waals surface area contributed by atoms with E-state index in [9.17, 15) is 0 Å². The Bertz CT molecular complexity index is 630. The van der Waals surface area contributed by atoms with Gasteiger partial charge in [-0.3, -0.25) is 5.43 Å². The molecule has 136 valence electrons. The summed E-state index contributed by atoms with van der Waals surface area (Å²) in [5, 5.41) is 0. The first-order valence-electron chi connectivity index (χ1n) is 9.22. The number of allylic oxidation sites excluding steroid dienone is 1. The van der Waals surface area contributed by atoms with Gasteiger partial charge in [-0.15, -0.1) is 0 Å². The smallest absolute Gasteiger partial charge is 0.132 e. The second-order valence-electron chi connectivity index (χ2n) is 7.21. The molecule has 3 heterocycles. The van der Waals surface area contributed by atoms with Crippen LogP contribution in [-0.2, 0) is 9.47 Å². The van der Waals surface area contributed by atoms with Gasteiger partial charge in [-0.2, -0.15) is 0 Å². The van der Waals surface area contributed by atoms with Gasteiger partial charge in [0.15, 0.2) is 0 Å². The topological polar surface area (TPSA) is 71.5 Å². The molecule has 0 radical (unpaired) electrons. The lowest BCUT2D eigenvalue weighted by Gasteiger charge is -2.30. The van der Waals surface area contributed by atoms with Crippen molar-refractivity contribution in [3.8, 4) is 0 Å². The fraction of sp³-hybridized carbons (Fsp3) is 0.667. The molecule has 3 atom stereocenters. The summed E-state index contributed by atoms with van der Waals surface area (Å²) in [7, 11) is 0. The number of hydrogen-bond donors (Lipinski definition) is 2. The summed E-state index contributed by atoms with van der Waals surface area (Å²) in [5.74, 6) is 2.53. The number of hydrogen-bond acceptors (Lipinski definition) is 7. The number of anilines is 1. The van der Waals surface area contributed by atoms with Crippen LogP contribution in [0, 0.1) is 5.92 Å². The van der Waals surface area contributed by atoms with Crippen LogP contribution in [-0.4, -0.2) is 48.4 Å². The van der Waals surface area contributed by atoms with E-state index in [1.165, 1.54) is 0 Å². The summed E-state index contributed by atoms with van der Waals surface area (Å²) in [6.45, 7) is 7.44. The molecular formula is C18H27N5O2. The maximum atomic E-state index is 5.95. The Kier molecular flexibility index (Phi) is 4.87. The van der Waals surface area contributed by atoms with Crippen molar-refractivity contribution >= 4 is 5.82 Å². The van der Waals surface area contributed by atoms with Crippen LogP contribution in [0.4, 0.5) is 5.82 Å². The Morgan fingerprint density at radius 1 is 1.24 bits per heavy atom. The summed E-state index contributed by atoms with van der Waals surface area (Å²) in [6, 6.07) is 2.72. The van der Waals surface area contributed by atoms with Gasteiger partial charge in [0.05, 0.1) is 36.8 Å². The normalized spacial score (nSPS) is 29.5. The van der Waals surface area contributed by atoms with Gasteiger partial charge < -0.3 is 14.4 Å². The standard InChI is InChI=1S/C18H27N5O2/c1-12(2)25-13-3-4-15-14(9-13)18(22-21-15)16-10-17(20-11-19-16)23-5-7-24-8-6-23/h3,10-12,14-15,18,21-22H,4-9H2,1-2H3/t14-,15+,18+/m0/s1. The van der Waals surface area contributed by atoms with Crippen molar-refractivity contribution in [1.82, 2.24) is 20.8 Å². The van der Waals surface area contributed by atoms with Crippen molar-refractivity contribution in [2.75, 3.05) is 31.2 Å². The third-order valence-corrected chi connectivity index (χ3v) is 5.12. The van der Waals surface area contributed by atoms with Crippen LogP contribution in [0.1, 0.15) is 38.4 Å². The van der Waals surface area contributed by atoms with Crippen molar-refractivity contribution in [1.29, 1.82) is 0 Å². The number of morpholine rings is 1. The van der Waals surface area contributed by atoms with E-state index in [-0.39, 0.29) is 12.1 Å². The molecule has 2 saturated heterocycles. The number of nitrogens with one attached hydrogen (secondary N) is 2. The number of aromatic nitrogens is 2. The Balaban J connectivity index is 1.51. The molecule has 1 aromatic heterocycles. The van der Waals surface area contributed by atoms with Crippen molar-refractivity contribution in [3.05, 3.63) is 29.9 Å². The molecule has 0 spiro atoms. The molecule has 7 heteroatoms.